The number of rotatable bonds is 14. The van der Waals surface area contributed by atoms with Crippen LogP contribution in [-0.4, -0.2) is 156 Å². The number of pyridine rings is 1. The molecule has 5 aromatic rings. The van der Waals surface area contributed by atoms with Gasteiger partial charge in [-0.1, -0.05) is 6.07 Å². The quantitative estimate of drug-likeness (QED) is 0.0669. The number of anilines is 2. The van der Waals surface area contributed by atoms with E-state index in [2.05, 4.69) is 30.0 Å². The number of aromatic nitrogens is 3. The molecule has 7 heterocycles. The summed E-state index contributed by atoms with van der Waals surface area (Å²) in [5, 5.41) is 13.9. The maximum Gasteiger partial charge on any atom is 0.319 e. The summed E-state index contributed by atoms with van der Waals surface area (Å²) in [7, 11) is 1.45. The van der Waals surface area contributed by atoms with Crippen molar-refractivity contribution in [2.24, 2.45) is 10.8 Å². The highest BCUT2D eigenvalue weighted by Crippen LogP contribution is 2.58. The number of piperazine rings is 1. The lowest BCUT2D eigenvalue weighted by Gasteiger charge is -2.57. The molecule has 2 aromatic heterocycles. The molecule has 0 bridgehead atoms. The fourth-order valence-corrected chi connectivity index (χ4v) is 13.2. The minimum absolute atomic E-state index is 0.0133. The van der Waals surface area contributed by atoms with Crippen LogP contribution in [0.5, 0.6) is 11.8 Å². The van der Waals surface area contributed by atoms with E-state index >= 15 is 13.2 Å². The van der Waals surface area contributed by atoms with Crippen molar-refractivity contribution >= 4 is 50.9 Å². The first kappa shape index (κ1) is 50.6. The summed E-state index contributed by atoms with van der Waals surface area (Å²) >= 11 is 0. The number of hydrogen-bond donors (Lipinski definition) is 2. The number of alkyl halides is 1. The molecule has 2 atom stereocenters. The lowest BCUT2D eigenvalue weighted by atomic mass is 9.55. The SMILES string of the molecule is COCOc1cc(-c2ncc3c(N4CCC[C@@](C)(O)C4)nc(OCC4(CN5CCC6(CC5)CC(F)(CN5CCN(c7ccc8c(c7)CN([C@H]7CCC(=O)NC7=O)C8=O)CC5)C6)CC4)nc3c2F)c2c(F)c(F)ccc2c1. The first-order chi connectivity index (χ1) is 36.5. The Kier molecular flexibility index (Phi) is 12.9. The second-order valence-corrected chi connectivity index (χ2v) is 23.1. The number of carbonyl (C=O) groups excluding carboxylic acids is 3. The van der Waals surface area contributed by atoms with E-state index < -0.39 is 40.7 Å². The van der Waals surface area contributed by atoms with Gasteiger partial charge in [-0.25, -0.2) is 17.6 Å². The van der Waals surface area contributed by atoms with Crippen LogP contribution in [0, 0.1) is 28.3 Å². The summed E-state index contributed by atoms with van der Waals surface area (Å²) in [5.41, 5.74) is -0.380. The topological polar surface area (TPSA) is 166 Å². The van der Waals surface area contributed by atoms with Crippen molar-refractivity contribution in [2.45, 2.75) is 95.0 Å². The highest BCUT2D eigenvalue weighted by atomic mass is 19.2. The number of nitrogens with zero attached hydrogens (tertiary/aromatic N) is 8. The van der Waals surface area contributed by atoms with Crippen LogP contribution in [0.4, 0.5) is 29.1 Å². The first-order valence-corrected chi connectivity index (χ1v) is 26.7. The molecule has 12 rings (SSSR count). The van der Waals surface area contributed by atoms with Crippen LogP contribution in [0.1, 0.15) is 87.1 Å². The van der Waals surface area contributed by atoms with E-state index in [-0.39, 0.29) is 87.1 Å². The molecular weight excluding hydrogens is 987 g/mol. The number of fused-ring (bicyclic) bond motifs is 3. The zero-order chi connectivity index (χ0) is 52.7. The Hall–Kier alpha value is -6.22. The van der Waals surface area contributed by atoms with E-state index in [9.17, 15) is 23.9 Å². The van der Waals surface area contributed by atoms with Gasteiger partial charge in [-0.05, 0) is 131 Å². The number of hydrogen-bond acceptors (Lipinski definition) is 14. The zero-order valence-electron chi connectivity index (χ0n) is 42.9. The molecule has 5 aliphatic heterocycles. The standard InChI is InChI=1S/C56H63F4N9O7/c1-53(73)10-3-15-68(29-53)49-40-25-61-47(39-24-37(76-33-74-2)23-34-4-7-41(57)45(58)44(34)39)46(59)48(40)63-52(64-49)75-32-55(11-12-55)30-65-16-13-54(14-17-65)27-56(60,28-54)31-66-18-20-67(21-19-66)36-5-6-38-35(22-36)26-69(51(38)72)42-8-9-43(70)62-50(42)71/h4-7,22-25,42,73H,3,8-21,26-33H2,1-2H3,(H,62,70,71)/t42-,53+/m0/s1. The molecule has 0 unspecified atom stereocenters. The van der Waals surface area contributed by atoms with Crippen LogP contribution in [0.2, 0.25) is 0 Å². The maximum atomic E-state index is 17.2. The average molecular weight is 1050 g/mol. The summed E-state index contributed by atoms with van der Waals surface area (Å²) in [5.74, 6) is -3.46. The molecule has 6 fully saturated rings. The Morgan fingerprint density at radius 1 is 0.829 bits per heavy atom. The molecule has 1 spiro atoms. The van der Waals surface area contributed by atoms with Gasteiger partial charge in [0, 0.05) is 106 Å². The lowest BCUT2D eigenvalue weighted by molar-refractivity contribution is -0.136. The van der Waals surface area contributed by atoms with Gasteiger partial charge in [0.25, 0.3) is 5.91 Å². The smallest absolute Gasteiger partial charge is 0.319 e. The molecule has 4 saturated heterocycles. The largest absolute Gasteiger partial charge is 0.468 e. The monoisotopic (exact) mass is 1050 g/mol. The minimum Gasteiger partial charge on any atom is -0.468 e. The number of carbonyl (C=O) groups is 3. The molecule has 16 nitrogen and oxygen atoms in total. The molecule has 2 aliphatic carbocycles. The summed E-state index contributed by atoms with van der Waals surface area (Å²) in [6.45, 7) is 8.87. The molecule has 7 aliphatic rings. The number of likely N-dealkylation sites (tertiary alicyclic amines) is 1. The minimum atomic E-state index is -1.23. The Morgan fingerprint density at radius 3 is 2.34 bits per heavy atom. The van der Waals surface area contributed by atoms with Gasteiger partial charge >= 0.3 is 6.01 Å². The van der Waals surface area contributed by atoms with Gasteiger partial charge in [-0.3, -0.25) is 29.6 Å². The molecule has 3 aromatic carbocycles. The number of benzene rings is 3. The van der Waals surface area contributed by atoms with E-state index in [1.807, 2.05) is 23.1 Å². The highest BCUT2D eigenvalue weighted by Gasteiger charge is 2.57. The van der Waals surface area contributed by atoms with Crippen molar-refractivity contribution in [1.29, 1.82) is 0 Å². The van der Waals surface area contributed by atoms with Gasteiger partial charge in [-0.2, -0.15) is 9.97 Å². The van der Waals surface area contributed by atoms with Crippen LogP contribution < -0.4 is 24.6 Å². The van der Waals surface area contributed by atoms with Crippen molar-refractivity contribution in [3.05, 3.63) is 77.2 Å². The number of halogens is 4. The first-order valence-electron chi connectivity index (χ1n) is 26.7. The zero-order valence-corrected chi connectivity index (χ0v) is 42.9. The second kappa shape index (κ2) is 19.4. The molecule has 3 amide bonds. The van der Waals surface area contributed by atoms with Crippen molar-refractivity contribution in [3.8, 4) is 23.0 Å². The third-order valence-electron chi connectivity index (χ3n) is 17.3. The number of nitrogens with one attached hydrogen (secondary N) is 1. The third-order valence-corrected chi connectivity index (χ3v) is 17.3. The number of piperidine rings is 3. The highest BCUT2D eigenvalue weighted by molar-refractivity contribution is 6.05. The van der Waals surface area contributed by atoms with Crippen molar-refractivity contribution in [3.63, 3.8) is 0 Å². The number of β-amino-alcohol motifs (C(OH)–C–C–N with tert-alkyl or cyclic N) is 1. The van der Waals surface area contributed by atoms with Crippen molar-refractivity contribution in [2.75, 3.05) is 95.8 Å². The van der Waals surface area contributed by atoms with E-state index in [1.165, 1.54) is 31.5 Å². The Morgan fingerprint density at radius 2 is 1.61 bits per heavy atom. The van der Waals surface area contributed by atoms with E-state index in [4.69, 9.17) is 19.2 Å². The number of amides is 3. The summed E-state index contributed by atoms with van der Waals surface area (Å²) in [6, 6.07) is 10.4. The Balaban J connectivity index is 0.674. The van der Waals surface area contributed by atoms with Crippen molar-refractivity contribution in [1.82, 2.24) is 35.0 Å². The average Bonchev–Trinajstić information content (AvgIpc) is 4.11. The Labute approximate surface area is 437 Å². The fraction of sp³-hybridized carbons (Fsp3) is 0.536. The van der Waals surface area contributed by atoms with Crippen molar-refractivity contribution < 1.29 is 51.3 Å². The van der Waals surface area contributed by atoms with Gasteiger partial charge in [-0.15, -0.1) is 0 Å². The van der Waals surface area contributed by atoms with E-state index in [1.54, 1.807) is 11.8 Å². The third kappa shape index (κ3) is 9.67. The molecule has 402 valence electrons. The van der Waals surface area contributed by atoms with Crippen LogP contribution in [0.3, 0.4) is 0 Å². The van der Waals surface area contributed by atoms with Crippen LogP contribution in [0.15, 0.2) is 48.7 Å². The summed E-state index contributed by atoms with van der Waals surface area (Å²) < 4.78 is 81.2. The van der Waals surface area contributed by atoms with Gasteiger partial charge in [0.2, 0.25) is 11.8 Å². The van der Waals surface area contributed by atoms with Gasteiger partial charge in [0.1, 0.15) is 34.5 Å². The normalized spacial score (nSPS) is 24.3. The molecule has 20 heteroatoms. The number of methoxy groups -OCH3 is 1. The molecule has 76 heavy (non-hydrogen) atoms. The predicted octanol–water partition coefficient (Wildman–Crippen LogP) is 6.92. The second-order valence-electron chi connectivity index (χ2n) is 23.1. The molecule has 0 radical (unpaired) electrons. The van der Waals surface area contributed by atoms with E-state index in [0.29, 0.717) is 69.7 Å². The van der Waals surface area contributed by atoms with Crippen LogP contribution >= 0.6 is 0 Å². The fourth-order valence-electron chi connectivity index (χ4n) is 13.2. The predicted molar refractivity (Wildman–Crippen MR) is 274 cm³/mol. The summed E-state index contributed by atoms with van der Waals surface area (Å²) in [6.07, 6.45) is 8.02. The van der Waals surface area contributed by atoms with Crippen LogP contribution in [-0.2, 0) is 20.9 Å². The van der Waals surface area contributed by atoms with Crippen LogP contribution in [0.25, 0.3) is 32.9 Å². The summed E-state index contributed by atoms with van der Waals surface area (Å²) in [4.78, 5) is 61.8. The maximum absolute atomic E-state index is 17.2. The van der Waals surface area contributed by atoms with Gasteiger partial charge in [0.15, 0.2) is 24.2 Å². The van der Waals surface area contributed by atoms with Gasteiger partial charge in [0.05, 0.1) is 17.6 Å². The molecular formula is C56H63F4N9O7. The number of imide groups is 1. The Bertz CT molecular complexity index is 3130. The number of aliphatic hydroxyl groups is 1. The van der Waals surface area contributed by atoms with Gasteiger partial charge < -0.3 is 38.9 Å². The lowest BCUT2D eigenvalue weighted by Crippen LogP contribution is -2.60. The molecule has 2 N–H and O–H groups in total. The molecule has 2 saturated carbocycles. The van der Waals surface area contributed by atoms with E-state index in [0.717, 1.165) is 88.8 Å². The number of ether oxygens (including phenoxy) is 3.